The number of fused-ring (bicyclic) bond motifs is 1. The van der Waals surface area contributed by atoms with Gasteiger partial charge in [0.1, 0.15) is 5.82 Å². The molecule has 1 amide bonds. The van der Waals surface area contributed by atoms with Crippen LogP contribution in [-0.2, 0) is 21.2 Å². The van der Waals surface area contributed by atoms with Crippen LogP contribution in [0.4, 0.5) is 4.39 Å². The van der Waals surface area contributed by atoms with Gasteiger partial charge in [-0.15, -0.1) is 0 Å². The summed E-state index contributed by atoms with van der Waals surface area (Å²) in [6, 6.07) is 5.96. The van der Waals surface area contributed by atoms with Crippen molar-refractivity contribution in [2.24, 2.45) is 0 Å². The quantitative estimate of drug-likeness (QED) is 0.801. The summed E-state index contributed by atoms with van der Waals surface area (Å²) >= 11 is 0. The predicted molar refractivity (Wildman–Crippen MR) is 80.4 cm³/mol. The normalized spacial score (nSPS) is 27.6. The standard InChI is InChI=1S/C15H19FN2O3S/c1-11(19)18-7-6-17(8-12-4-2-3-5-13(12)16)14-9-22(20,21)10-15(14)18/h2-5,14-15H,6-10H2,1H3/t14-,15+/m1/s1. The van der Waals surface area contributed by atoms with Gasteiger partial charge in [0.25, 0.3) is 0 Å². The fourth-order valence-electron chi connectivity index (χ4n) is 3.46. The molecule has 0 saturated carbocycles. The van der Waals surface area contributed by atoms with Gasteiger partial charge in [0.2, 0.25) is 5.91 Å². The number of rotatable bonds is 2. The van der Waals surface area contributed by atoms with Crippen molar-refractivity contribution in [3.05, 3.63) is 35.6 Å². The van der Waals surface area contributed by atoms with E-state index < -0.39 is 9.84 Å². The Labute approximate surface area is 129 Å². The van der Waals surface area contributed by atoms with Gasteiger partial charge in [0.05, 0.1) is 17.5 Å². The first-order chi connectivity index (χ1) is 10.4. The Morgan fingerprint density at radius 2 is 1.91 bits per heavy atom. The van der Waals surface area contributed by atoms with Gasteiger partial charge in [-0.25, -0.2) is 12.8 Å². The van der Waals surface area contributed by atoms with Gasteiger partial charge >= 0.3 is 0 Å². The maximum atomic E-state index is 13.8. The number of carbonyl (C=O) groups is 1. The number of hydrogen-bond donors (Lipinski definition) is 0. The number of amides is 1. The molecule has 0 aromatic heterocycles. The van der Waals surface area contributed by atoms with E-state index in [0.717, 1.165) is 0 Å². The number of piperazine rings is 1. The zero-order valence-corrected chi connectivity index (χ0v) is 13.2. The van der Waals surface area contributed by atoms with Gasteiger partial charge in [-0.2, -0.15) is 0 Å². The van der Waals surface area contributed by atoms with Crippen LogP contribution in [0.25, 0.3) is 0 Å². The third kappa shape index (κ3) is 2.87. The van der Waals surface area contributed by atoms with E-state index in [1.54, 1.807) is 23.1 Å². The summed E-state index contributed by atoms with van der Waals surface area (Å²) in [5, 5.41) is 0. The monoisotopic (exact) mass is 326 g/mol. The largest absolute Gasteiger partial charge is 0.336 e. The Morgan fingerprint density at radius 1 is 1.23 bits per heavy atom. The van der Waals surface area contributed by atoms with Gasteiger partial charge in [-0.1, -0.05) is 18.2 Å². The van der Waals surface area contributed by atoms with Crippen LogP contribution in [0.5, 0.6) is 0 Å². The lowest BCUT2D eigenvalue weighted by Crippen LogP contribution is -2.59. The third-order valence-corrected chi connectivity index (χ3v) is 6.23. The maximum absolute atomic E-state index is 13.8. The van der Waals surface area contributed by atoms with E-state index in [-0.39, 0.29) is 35.3 Å². The molecule has 2 saturated heterocycles. The van der Waals surface area contributed by atoms with Crippen molar-refractivity contribution in [3.63, 3.8) is 0 Å². The van der Waals surface area contributed by atoms with Crippen LogP contribution in [0.1, 0.15) is 12.5 Å². The van der Waals surface area contributed by atoms with Crippen molar-refractivity contribution >= 4 is 15.7 Å². The van der Waals surface area contributed by atoms with Crippen molar-refractivity contribution in [1.29, 1.82) is 0 Å². The number of benzene rings is 1. The molecule has 0 radical (unpaired) electrons. The number of sulfone groups is 1. The van der Waals surface area contributed by atoms with Crippen LogP contribution in [0.15, 0.2) is 24.3 Å². The summed E-state index contributed by atoms with van der Waals surface area (Å²) in [4.78, 5) is 15.4. The minimum absolute atomic E-state index is 0.00498. The van der Waals surface area contributed by atoms with Crippen molar-refractivity contribution < 1.29 is 17.6 Å². The van der Waals surface area contributed by atoms with Crippen LogP contribution in [0.3, 0.4) is 0 Å². The summed E-state index contributed by atoms with van der Waals surface area (Å²) < 4.78 is 37.8. The van der Waals surface area contributed by atoms with Crippen LogP contribution in [0, 0.1) is 5.82 Å². The van der Waals surface area contributed by atoms with E-state index in [4.69, 9.17) is 0 Å². The summed E-state index contributed by atoms with van der Waals surface area (Å²) in [5.74, 6) is -0.340. The summed E-state index contributed by atoms with van der Waals surface area (Å²) in [6.07, 6.45) is 0. The highest BCUT2D eigenvalue weighted by atomic mass is 32.2. The lowest BCUT2D eigenvalue weighted by atomic mass is 10.0. The Hall–Kier alpha value is -1.47. The van der Waals surface area contributed by atoms with Gasteiger partial charge in [-0.3, -0.25) is 9.69 Å². The van der Waals surface area contributed by atoms with Gasteiger partial charge < -0.3 is 4.90 Å². The number of hydrogen-bond acceptors (Lipinski definition) is 4. The first kappa shape index (κ1) is 15.4. The minimum Gasteiger partial charge on any atom is -0.336 e. The second-order valence-electron chi connectivity index (χ2n) is 5.99. The van der Waals surface area contributed by atoms with Crippen molar-refractivity contribution in [3.8, 4) is 0 Å². The van der Waals surface area contributed by atoms with Gasteiger partial charge in [-0.05, 0) is 6.07 Å². The van der Waals surface area contributed by atoms with E-state index in [0.29, 0.717) is 25.2 Å². The Balaban J connectivity index is 1.85. The molecule has 0 N–H and O–H groups in total. The molecule has 1 aromatic carbocycles. The van der Waals surface area contributed by atoms with Crippen molar-refractivity contribution in [2.75, 3.05) is 24.6 Å². The minimum atomic E-state index is -3.16. The molecule has 7 heteroatoms. The number of halogens is 1. The molecule has 2 heterocycles. The highest BCUT2D eigenvalue weighted by Crippen LogP contribution is 2.28. The first-order valence-electron chi connectivity index (χ1n) is 7.32. The molecule has 0 unspecified atom stereocenters. The molecule has 0 aliphatic carbocycles. The topological polar surface area (TPSA) is 57.7 Å². The molecular weight excluding hydrogens is 307 g/mol. The molecular formula is C15H19FN2O3S. The first-order valence-corrected chi connectivity index (χ1v) is 9.14. The van der Waals surface area contributed by atoms with E-state index in [1.165, 1.54) is 13.0 Å². The molecule has 0 spiro atoms. The molecule has 2 aliphatic heterocycles. The van der Waals surface area contributed by atoms with E-state index in [2.05, 4.69) is 0 Å². The SMILES string of the molecule is CC(=O)N1CCN(Cc2ccccc2F)[C@@H]2CS(=O)(=O)C[C@@H]21. The summed E-state index contributed by atoms with van der Waals surface area (Å²) in [7, 11) is -3.16. The fourth-order valence-corrected chi connectivity index (χ4v) is 5.47. The third-order valence-electron chi connectivity index (χ3n) is 4.53. The molecule has 3 rings (SSSR count). The molecule has 1 aromatic rings. The maximum Gasteiger partial charge on any atom is 0.219 e. The lowest BCUT2D eigenvalue weighted by Gasteiger charge is -2.43. The van der Waals surface area contributed by atoms with Crippen molar-refractivity contribution in [1.82, 2.24) is 9.80 Å². The smallest absolute Gasteiger partial charge is 0.219 e. The van der Waals surface area contributed by atoms with Crippen molar-refractivity contribution in [2.45, 2.75) is 25.6 Å². The fraction of sp³-hybridized carbons (Fsp3) is 0.533. The molecule has 0 bridgehead atoms. The van der Waals surface area contributed by atoms with E-state index >= 15 is 0 Å². The molecule has 5 nitrogen and oxygen atoms in total. The van der Waals surface area contributed by atoms with Crippen LogP contribution < -0.4 is 0 Å². The van der Waals surface area contributed by atoms with E-state index in [1.807, 2.05) is 4.90 Å². The van der Waals surface area contributed by atoms with E-state index in [9.17, 15) is 17.6 Å². The Kier molecular flexibility index (Phi) is 3.94. The average molecular weight is 326 g/mol. The second-order valence-corrected chi connectivity index (χ2v) is 8.14. The molecule has 120 valence electrons. The second kappa shape index (κ2) is 5.62. The Bertz CT molecular complexity index is 692. The van der Waals surface area contributed by atoms with Gasteiger partial charge in [0, 0.05) is 38.2 Å². The molecule has 2 fully saturated rings. The lowest BCUT2D eigenvalue weighted by molar-refractivity contribution is -0.134. The van der Waals surface area contributed by atoms with Crippen LogP contribution >= 0.6 is 0 Å². The summed E-state index contributed by atoms with van der Waals surface area (Å²) in [6.45, 7) is 2.88. The number of carbonyl (C=O) groups excluding carboxylic acids is 1. The predicted octanol–water partition coefficient (Wildman–Crippen LogP) is 0.655. The van der Waals surface area contributed by atoms with Gasteiger partial charge in [0.15, 0.2) is 9.84 Å². The van der Waals surface area contributed by atoms with Crippen LogP contribution in [0.2, 0.25) is 0 Å². The molecule has 22 heavy (non-hydrogen) atoms. The zero-order valence-electron chi connectivity index (χ0n) is 12.4. The highest BCUT2D eigenvalue weighted by molar-refractivity contribution is 7.91. The molecule has 2 aliphatic rings. The highest BCUT2D eigenvalue weighted by Gasteiger charge is 2.47. The zero-order chi connectivity index (χ0) is 15.9. The number of nitrogens with zero attached hydrogens (tertiary/aromatic N) is 2. The average Bonchev–Trinajstić information content (AvgIpc) is 2.76. The summed E-state index contributed by atoms with van der Waals surface area (Å²) in [5.41, 5.74) is 0.557. The Morgan fingerprint density at radius 3 is 2.59 bits per heavy atom. The van der Waals surface area contributed by atoms with Crippen LogP contribution in [-0.4, -0.2) is 60.8 Å². The molecule has 2 atom stereocenters.